The molecule has 1 aromatic carbocycles. The summed E-state index contributed by atoms with van der Waals surface area (Å²) in [4.78, 5) is 19.9. The fourth-order valence-corrected chi connectivity index (χ4v) is 3.37. The van der Waals surface area contributed by atoms with Gasteiger partial charge in [0.2, 0.25) is 0 Å². The van der Waals surface area contributed by atoms with Gasteiger partial charge >= 0.3 is 12.2 Å². The van der Waals surface area contributed by atoms with Crippen molar-refractivity contribution in [3.63, 3.8) is 0 Å². The van der Waals surface area contributed by atoms with E-state index in [1.165, 1.54) is 17.5 Å². The van der Waals surface area contributed by atoms with Gasteiger partial charge in [-0.3, -0.25) is 10.3 Å². The Morgan fingerprint density at radius 3 is 2.79 bits per heavy atom. The maximum Gasteiger partial charge on any atom is 0.417 e. The van der Waals surface area contributed by atoms with Crippen molar-refractivity contribution < 1.29 is 22.7 Å². The highest BCUT2D eigenvalue weighted by molar-refractivity contribution is 7.22. The molecule has 0 aliphatic carbocycles. The number of fused-ring (bicyclic) bond motifs is 1. The molecule has 2 aromatic heterocycles. The molecule has 0 saturated carbocycles. The van der Waals surface area contributed by atoms with E-state index >= 15 is 0 Å². The summed E-state index contributed by atoms with van der Waals surface area (Å²) in [6.45, 7) is 1.02. The number of amides is 2. The number of nitrogens with one attached hydrogen (secondary N) is 2. The van der Waals surface area contributed by atoms with Crippen LogP contribution in [0, 0.1) is 0 Å². The van der Waals surface area contributed by atoms with E-state index in [0.717, 1.165) is 17.0 Å². The number of hydrogen-bond donors (Lipinski definition) is 2. The quantitative estimate of drug-likeness (QED) is 0.585. The van der Waals surface area contributed by atoms with Crippen LogP contribution < -0.4 is 10.6 Å². The van der Waals surface area contributed by atoms with Crippen LogP contribution in [0.1, 0.15) is 12.0 Å². The van der Waals surface area contributed by atoms with Gasteiger partial charge in [0.25, 0.3) is 0 Å². The molecule has 0 bridgehead atoms. The Kier molecular flexibility index (Phi) is 6.10. The van der Waals surface area contributed by atoms with Gasteiger partial charge in [-0.2, -0.15) is 13.2 Å². The van der Waals surface area contributed by atoms with Gasteiger partial charge in [0, 0.05) is 38.2 Å². The monoisotopic (exact) mass is 410 g/mol. The Labute approximate surface area is 162 Å². The number of alkyl halides is 3. The standard InChI is InChI=1S/C18H17F3N4O2S/c1-27-6-2-5-23-16(26)25-17-24-14-4-3-11(8-15(14)28-17)12-7-13(10-22-9-12)18(19,20)21/h3-4,7-10H,2,5-6H2,1H3,(H2,23,24,25,26). The van der Waals surface area contributed by atoms with Crippen molar-refractivity contribution in [2.45, 2.75) is 12.6 Å². The molecule has 0 aliphatic heterocycles. The molecule has 10 heteroatoms. The fourth-order valence-electron chi connectivity index (χ4n) is 2.47. The topological polar surface area (TPSA) is 76.1 Å². The van der Waals surface area contributed by atoms with E-state index in [2.05, 4.69) is 20.6 Å². The predicted octanol–water partition coefficient (Wildman–Crippen LogP) is 4.54. The summed E-state index contributed by atoms with van der Waals surface area (Å²) < 4.78 is 44.3. The predicted molar refractivity (Wildman–Crippen MR) is 101 cm³/mol. The minimum Gasteiger partial charge on any atom is -0.385 e. The number of pyridine rings is 1. The van der Waals surface area contributed by atoms with Gasteiger partial charge in [0.15, 0.2) is 5.13 Å². The number of aromatic nitrogens is 2. The van der Waals surface area contributed by atoms with Crippen LogP contribution in [0.15, 0.2) is 36.7 Å². The van der Waals surface area contributed by atoms with Gasteiger partial charge in [0.05, 0.1) is 15.8 Å². The summed E-state index contributed by atoms with van der Waals surface area (Å²) in [5.41, 5.74) is 0.783. The second-order valence-corrected chi connectivity index (χ2v) is 6.92. The molecule has 0 radical (unpaired) electrons. The van der Waals surface area contributed by atoms with Crippen molar-refractivity contribution in [3.8, 4) is 11.1 Å². The Morgan fingerprint density at radius 2 is 2.04 bits per heavy atom. The Balaban J connectivity index is 1.75. The largest absolute Gasteiger partial charge is 0.417 e. The molecule has 2 heterocycles. The number of hydrogen-bond acceptors (Lipinski definition) is 5. The lowest BCUT2D eigenvalue weighted by Crippen LogP contribution is -2.29. The average Bonchev–Trinajstić information content (AvgIpc) is 3.06. The lowest BCUT2D eigenvalue weighted by Gasteiger charge is -2.08. The number of ether oxygens (including phenoxy) is 1. The molecule has 0 aliphatic rings. The Bertz CT molecular complexity index is 975. The smallest absolute Gasteiger partial charge is 0.385 e. The van der Waals surface area contributed by atoms with Gasteiger partial charge in [-0.25, -0.2) is 9.78 Å². The summed E-state index contributed by atoms with van der Waals surface area (Å²) >= 11 is 1.24. The second-order valence-electron chi connectivity index (χ2n) is 5.89. The molecule has 0 spiro atoms. The van der Waals surface area contributed by atoms with Crippen molar-refractivity contribution in [1.29, 1.82) is 0 Å². The van der Waals surface area contributed by atoms with E-state index in [1.807, 2.05) is 0 Å². The molecule has 148 valence electrons. The number of urea groups is 1. The number of nitrogens with zero attached hydrogens (tertiary/aromatic N) is 2. The number of benzene rings is 1. The van der Waals surface area contributed by atoms with Crippen LogP contribution in [-0.4, -0.2) is 36.3 Å². The van der Waals surface area contributed by atoms with Gasteiger partial charge in [-0.15, -0.1) is 0 Å². The number of thiazole rings is 1. The summed E-state index contributed by atoms with van der Waals surface area (Å²) in [6, 6.07) is 5.78. The van der Waals surface area contributed by atoms with Crippen LogP contribution in [-0.2, 0) is 10.9 Å². The molecule has 2 amide bonds. The average molecular weight is 410 g/mol. The fraction of sp³-hybridized carbons (Fsp3) is 0.278. The van der Waals surface area contributed by atoms with Crippen LogP contribution in [0.3, 0.4) is 0 Å². The molecule has 0 atom stereocenters. The molecule has 0 fully saturated rings. The van der Waals surface area contributed by atoms with Crippen molar-refractivity contribution in [2.75, 3.05) is 25.6 Å². The molecule has 28 heavy (non-hydrogen) atoms. The van der Waals surface area contributed by atoms with Crippen LogP contribution in [0.5, 0.6) is 0 Å². The minimum absolute atomic E-state index is 0.357. The maximum atomic E-state index is 12.9. The van der Waals surface area contributed by atoms with Gasteiger partial charge in [-0.1, -0.05) is 17.4 Å². The van der Waals surface area contributed by atoms with Gasteiger partial charge in [-0.05, 0) is 30.2 Å². The molecule has 3 rings (SSSR count). The maximum absolute atomic E-state index is 12.9. The first-order valence-corrected chi connectivity index (χ1v) is 9.15. The first kappa shape index (κ1) is 20.0. The lowest BCUT2D eigenvalue weighted by molar-refractivity contribution is -0.137. The van der Waals surface area contributed by atoms with E-state index in [-0.39, 0.29) is 6.03 Å². The molecular weight excluding hydrogens is 393 g/mol. The van der Waals surface area contributed by atoms with E-state index in [9.17, 15) is 18.0 Å². The van der Waals surface area contributed by atoms with Gasteiger partial charge < -0.3 is 10.1 Å². The van der Waals surface area contributed by atoms with Crippen LogP contribution >= 0.6 is 11.3 Å². The number of carbonyl (C=O) groups is 1. The number of halogens is 3. The first-order chi connectivity index (χ1) is 13.4. The van der Waals surface area contributed by atoms with E-state index in [0.29, 0.717) is 41.3 Å². The molecular formula is C18H17F3N4O2S. The van der Waals surface area contributed by atoms with Crippen LogP contribution in [0.4, 0.5) is 23.1 Å². The summed E-state index contributed by atoms with van der Waals surface area (Å²) in [7, 11) is 1.59. The zero-order valence-corrected chi connectivity index (χ0v) is 15.7. The zero-order chi connectivity index (χ0) is 20.1. The van der Waals surface area contributed by atoms with Crippen molar-refractivity contribution in [2.24, 2.45) is 0 Å². The Hall–Kier alpha value is -2.72. The summed E-state index contributed by atoms with van der Waals surface area (Å²) in [5, 5.41) is 5.74. The minimum atomic E-state index is -4.45. The van der Waals surface area contributed by atoms with E-state index in [1.54, 1.807) is 25.3 Å². The third-order valence-corrected chi connectivity index (χ3v) is 4.75. The highest BCUT2D eigenvalue weighted by Crippen LogP contribution is 2.33. The lowest BCUT2D eigenvalue weighted by atomic mass is 10.1. The molecule has 0 unspecified atom stereocenters. The van der Waals surface area contributed by atoms with E-state index in [4.69, 9.17) is 4.74 Å². The van der Waals surface area contributed by atoms with Crippen molar-refractivity contribution >= 4 is 32.7 Å². The van der Waals surface area contributed by atoms with Crippen LogP contribution in [0.25, 0.3) is 21.3 Å². The zero-order valence-electron chi connectivity index (χ0n) is 14.8. The van der Waals surface area contributed by atoms with E-state index < -0.39 is 11.7 Å². The number of carbonyl (C=O) groups excluding carboxylic acids is 1. The first-order valence-electron chi connectivity index (χ1n) is 8.34. The number of rotatable bonds is 6. The number of methoxy groups -OCH3 is 1. The third-order valence-electron chi connectivity index (χ3n) is 3.82. The molecule has 2 N–H and O–H groups in total. The molecule has 3 aromatic rings. The summed E-state index contributed by atoms with van der Waals surface area (Å²) in [6.07, 6.45) is -1.59. The van der Waals surface area contributed by atoms with Crippen molar-refractivity contribution in [1.82, 2.24) is 15.3 Å². The normalized spacial score (nSPS) is 11.6. The number of anilines is 1. The SMILES string of the molecule is COCCCNC(=O)Nc1nc2ccc(-c3cncc(C(F)(F)F)c3)cc2s1. The van der Waals surface area contributed by atoms with Crippen molar-refractivity contribution in [3.05, 3.63) is 42.2 Å². The van der Waals surface area contributed by atoms with Gasteiger partial charge in [0.1, 0.15) is 0 Å². The second kappa shape index (κ2) is 8.53. The third kappa shape index (κ3) is 4.96. The highest BCUT2D eigenvalue weighted by atomic mass is 32.1. The molecule has 0 saturated heterocycles. The van der Waals surface area contributed by atoms with Crippen LogP contribution in [0.2, 0.25) is 0 Å². The molecule has 6 nitrogen and oxygen atoms in total. The summed E-state index contributed by atoms with van der Waals surface area (Å²) in [5.74, 6) is 0. The highest BCUT2D eigenvalue weighted by Gasteiger charge is 2.31. The Morgan fingerprint density at radius 1 is 1.21 bits per heavy atom.